The molecule has 3 aromatic carbocycles. The molecule has 1 aromatic heterocycles. The van der Waals surface area contributed by atoms with Crippen molar-refractivity contribution in [2.45, 2.75) is 144 Å². The molecular weight excluding hydrogens is 1190 g/mol. The van der Waals surface area contributed by atoms with Crippen molar-refractivity contribution in [2.24, 2.45) is 5.73 Å². The fourth-order valence-corrected chi connectivity index (χ4v) is 10.5. The van der Waals surface area contributed by atoms with E-state index in [4.69, 9.17) is 15.0 Å². The number of aromatic nitrogens is 1. The van der Waals surface area contributed by atoms with Gasteiger partial charge in [0.25, 0.3) is 5.91 Å². The highest BCUT2D eigenvalue weighted by atomic mass is 32.3. The van der Waals surface area contributed by atoms with E-state index in [2.05, 4.69) is 32.2 Å². The minimum absolute atomic E-state index is 0.106. The van der Waals surface area contributed by atoms with Gasteiger partial charge in [0.2, 0.25) is 41.4 Å². The number of phenolic OH excluding ortho intramolecular Hbond substituents is 1. The molecule has 14 atom stereocenters. The molecular formula is C55H69N9O23S. The summed E-state index contributed by atoms with van der Waals surface area (Å²) < 4.78 is 48.0. The van der Waals surface area contributed by atoms with Gasteiger partial charge in [0.05, 0.1) is 37.4 Å². The molecule has 478 valence electrons. The lowest BCUT2D eigenvalue weighted by Gasteiger charge is -2.34. The van der Waals surface area contributed by atoms with Gasteiger partial charge in [0.15, 0.2) is 23.5 Å². The van der Waals surface area contributed by atoms with E-state index < -0.39 is 199 Å². The number of nitrogens with zero attached hydrogens (tertiary/aromatic N) is 3. The lowest BCUT2D eigenvalue weighted by molar-refractivity contribution is -0.149. The molecule has 3 aliphatic rings. The lowest BCUT2D eigenvalue weighted by Crippen LogP contribution is -2.64. The molecule has 3 aliphatic heterocycles. The third-order valence-electron chi connectivity index (χ3n) is 14.8. The van der Waals surface area contributed by atoms with Crippen molar-refractivity contribution in [1.29, 1.82) is 0 Å². The van der Waals surface area contributed by atoms with Crippen molar-refractivity contribution in [3.8, 4) is 39.8 Å². The molecule has 32 nitrogen and oxygen atoms in total. The maximum Gasteiger partial charge on any atom is 0.446 e. The van der Waals surface area contributed by atoms with E-state index in [0.717, 1.165) is 32.3 Å². The highest BCUT2D eigenvalue weighted by Gasteiger charge is 2.49. The van der Waals surface area contributed by atoms with Crippen LogP contribution in [0, 0.1) is 0 Å². The second kappa shape index (κ2) is 29.1. The molecule has 3 fully saturated rings. The Morgan fingerprint density at radius 2 is 1.43 bits per heavy atom. The van der Waals surface area contributed by atoms with Crippen LogP contribution in [0.25, 0.3) is 22.6 Å². The van der Waals surface area contributed by atoms with E-state index >= 15 is 0 Å². The number of fused-ring (bicyclic) bond motifs is 2. The van der Waals surface area contributed by atoms with Gasteiger partial charge in [-0.1, -0.05) is 43.1 Å². The van der Waals surface area contributed by atoms with Crippen LogP contribution in [0.3, 0.4) is 0 Å². The summed E-state index contributed by atoms with van der Waals surface area (Å²) in [6.07, 6.45) is -17.6. The Labute approximate surface area is 501 Å². The Balaban J connectivity index is 1.21. The van der Waals surface area contributed by atoms with Crippen LogP contribution in [0.2, 0.25) is 0 Å². The summed E-state index contributed by atoms with van der Waals surface area (Å²) in [6, 6.07) is 3.56. The number of aliphatic hydroxyl groups excluding tert-OH is 8. The number of rotatable bonds is 18. The highest BCUT2D eigenvalue weighted by molar-refractivity contribution is 7.81. The number of aliphatic hydroxyl groups is 8. The van der Waals surface area contributed by atoms with Crippen LogP contribution >= 0.6 is 0 Å². The summed E-state index contributed by atoms with van der Waals surface area (Å²) in [5, 5.41) is 116. The number of amides is 8. The number of unbranched alkanes of at least 4 members (excludes halogenated alkanes) is 2. The molecule has 0 spiro atoms. The van der Waals surface area contributed by atoms with Gasteiger partial charge in [0.1, 0.15) is 66.0 Å². The minimum Gasteiger partial charge on any atom is -0.504 e. The summed E-state index contributed by atoms with van der Waals surface area (Å²) in [6.45, 7) is 2.40. The van der Waals surface area contributed by atoms with Crippen molar-refractivity contribution in [3.63, 3.8) is 0 Å². The van der Waals surface area contributed by atoms with E-state index in [0.29, 0.717) is 56.9 Å². The number of aromatic hydroxyl groups is 1. The van der Waals surface area contributed by atoms with Crippen LogP contribution in [0.15, 0.2) is 77.3 Å². The molecule has 8 amide bonds. The van der Waals surface area contributed by atoms with E-state index in [1.807, 2.05) is 10.6 Å². The van der Waals surface area contributed by atoms with Crippen LogP contribution in [0.4, 0.5) is 0 Å². The molecule has 7 rings (SSSR count). The van der Waals surface area contributed by atoms with Crippen molar-refractivity contribution in [1.82, 2.24) is 41.5 Å². The number of nitrogens with two attached hydrogens (primary N) is 1. The van der Waals surface area contributed by atoms with Crippen LogP contribution < -0.4 is 41.2 Å². The zero-order chi connectivity index (χ0) is 64.5. The molecule has 4 heterocycles. The Hall–Kier alpha value is -8.38. The Bertz CT molecular complexity index is 3300. The number of benzene rings is 3. The van der Waals surface area contributed by atoms with Crippen LogP contribution in [0.1, 0.15) is 80.8 Å². The first-order valence-electron chi connectivity index (χ1n) is 27.7. The van der Waals surface area contributed by atoms with Crippen molar-refractivity contribution in [3.05, 3.63) is 83.9 Å². The van der Waals surface area contributed by atoms with Crippen LogP contribution in [-0.4, -0.2) is 220 Å². The van der Waals surface area contributed by atoms with Crippen molar-refractivity contribution >= 4 is 57.7 Å². The van der Waals surface area contributed by atoms with Gasteiger partial charge in [0, 0.05) is 48.7 Å². The summed E-state index contributed by atoms with van der Waals surface area (Å²) in [5.41, 5.74) is 6.15. The number of carbonyl (C=O) groups excluding carboxylic acids is 8. The molecule has 4 unspecified atom stereocenters. The number of ether oxygens (including phenoxy) is 1. The molecule has 3 saturated heterocycles. The largest absolute Gasteiger partial charge is 0.504 e. The maximum absolute atomic E-state index is 14.6. The van der Waals surface area contributed by atoms with Crippen LogP contribution in [-0.2, 0) is 44.0 Å². The predicted molar refractivity (Wildman–Crippen MR) is 299 cm³/mol. The SMILES string of the molecule is CCCCCOc1ccc(-c2cc(-c3ccc(C(=O)N[C@H]4C[C@@H](O)[C@@H](O)NC(=O)[C@@H]5[C@@H](O)CCN5C(=O)[C@H](C(O)CC(N)=O)NC(=O)[C@H](C(O)C(O)c5ccc(O)c(OS(=O)(=O)O)c5)NC(=O)[C@@H]5C[C@@H](O)CN5C(=O)[C@H](C(C)O)NC4=O)cc3)no2)cc1. The van der Waals surface area contributed by atoms with Gasteiger partial charge < -0.3 is 102 Å². The van der Waals surface area contributed by atoms with E-state index in [-0.39, 0.29) is 5.56 Å². The predicted octanol–water partition coefficient (Wildman–Crippen LogP) is -4.15. The first kappa shape index (κ1) is 67.1. The maximum atomic E-state index is 14.6. The number of carbonyl (C=O) groups is 8. The van der Waals surface area contributed by atoms with Crippen molar-refractivity contribution < 1.29 is 111 Å². The number of phenols is 1. The second-order valence-corrected chi connectivity index (χ2v) is 22.4. The molecule has 88 heavy (non-hydrogen) atoms. The fourth-order valence-electron chi connectivity index (χ4n) is 10.1. The van der Waals surface area contributed by atoms with Crippen LogP contribution in [0.5, 0.6) is 17.2 Å². The summed E-state index contributed by atoms with van der Waals surface area (Å²) >= 11 is 0. The molecule has 17 N–H and O–H groups in total. The normalized spacial score (nSPS) is 25.8. The number of hydrogen-bond acceptors (Lipinski definition) is 23. The Kier molecular flexibility index (Phi) is 22.2. The average molecular weight is 1260 g/mol. The number of primary amides is 1. The quantitative estimate of drug-likeness (QED) is 0.0332. The van der Waals surface area contributed by atoms with Gasteiger partial charge in [-0.3, -0.25) is 42.9 Å². The van der Waals surface area contributed by atoms with E-state index in [9.17, 15) is 97.3 Å². The lowest BCUT2D eigenvalue weighted by atomic mass is 9.96. The van der Waals surface area contributed by atoms with Crippen molar-refractivity contribution in [2.75, 3.05) is 19.7 Å². The molecule has 33 heteroatoms. The topological polar surface area (TPSA) is 510 Å². The third-order valence-corrected chi connectivity index (χ3v) is 15.2. The first-order valence-corrected chi connectivity index (χ1v) is 29.1. The molecule has 0 aliphatic carbocycles. The van der Waals surface area contributed by atoms with Gasteiger partial charge in [-0.15, -0.1) is 0 Å². The van der Waals surface area contributed by atoms with Gasteiger partial charge in [-0.25, -0.2) is 0 Å². The Morgan fingerprint density at radius 3 is 2.08 bits per heavy atom. The zero-order valence-corrected chi connectivity index (χ0v) is 48.0. The highest BCUT2D eigenvalue weighted by Crippen LogP contribution is 2.33. The fraction of sp³-hybridized carbons (Fsp3) is 0.473. The second-order valence-electron chi connectivity index (χ2n) is 21.4. The monoisotopic (exact) mass is 1260 g/mol. The zero-order valence-electron chi connectivity index (χ0n) is 47.2. The van der Waals surface area contributed by atoms with Gasteiger partial charge in [-0.05, 0) is 73.9 Å². The van der Waals surface area contributed by atoms with Gasteiger partial charge >= 0.3 is 10.4 Å². The first-order chi connectivity index (χ1) is 41.5. The van der Waals surface area contributed by atoms with E-state index in [1.54, 1.807) is 30.3 Å². The number of nitrogens with one attached hydrogen (secondary N) is 5. The van der Waals surface area contributed by atoms with E-state index in [1.165, 1.54) is 24.3 Å². The van der Waals surface area contributed by atoms with Gasteiger partial charge in [-0.2, -0.15) is 8.42 Å². The summed E-state index contributed by atoms with van der Waals surface area (Å²) in [5.74, 6) is -11.8. The smallest absolute Gasteiger partial charge is 0.446 e. The Morgan fingerprint density at radius 1 is 0.784 bits per heavy atom. The average Bonchev–Trinajstić information content (AvgIpc) is 2.67. The molecule has 4 aromatic rings. The molecule has 0 saturated carbocycles. The molecule has 0 radical (unpaired) electrons. The standard InChI is InChI=1S/C55H69N9O23S/c1-3-4-5-18-85-31-13-10-27(11-14-31)39-22-32(62-86-39)26-6-8-28(9-7-26)48(74)57-33-21-38(70)51(77)61-53(79)45-36(68)16-17-63(45)55(81)43(37(69)23-41(56)71)59-52(78)44(47(73)46(72)29-12-15-35(67)40(19-29)87-88(82,83)84)60-50(76)34-20-30(66)24-64(34)54(80)42(25(2)65)58-49(33)75/h6-15,19,22,25,30,33-34,36-38,42-47,51,65-70,72-73,77H,3-5,16-18,20-21,23-24H2,1-2H3,(H2,56,71)(H,57,74)(H,58,75)(H,59,78)(H,60,76)(H,61,79)(H,82,83,84)/t25?,30-,33+,34+,36+,37?,38-,42+,43+,44+,45+,46?,47?,51-/m1/s1. The summed E-state index contributed by atoms with van der Waals surface area (Å²) in [7, 11) is -5.35. The third kappa shape index (κ3) is 16.6. The number of hydrogen-bond donors (Lipinski definition) is 16. The molecule has 0 bridgehead atoms. The minimum atomic E-state index is -5.35. The summed E-state index contributed by atoms with van der Waals surface area (Å²) in [4.78, 5) is 114.